The van der Waals surface area contributed by atoms with E-state index in [1.165, 1.54) is 19.3 Å². The van der Waals surface area contributed by atoms with Crippen molar-refractivity contribution >= 4 is 17.4 Å². The molecule has 1 N–H and O–H groups in total. The minimum absolute atomic E-state index is 0.0354. The summed E-state index contributed by atoms with van der Waals surface area (Å²) < 4.78 is 1.73. The summed E-state index contributed by atoms with van der Waals surface area (Å²) in [6.07, 6.45) is 9.48. The third kappa shape index (κ3) is 4.22. The van der Waals surface area contributed by atoms with Crippen LogP contribution in [0.2, 0.25) is 0 Å². The molecule has 0 spiro atoms. The van der Waals surface area contributed by atoms with E-state index in [4.69, 9.17) is 11.6 Å². The van der Waals surface area contributed by atoms with Crippen molar-refractivity contribution in [1.82, 2.24) is 9.55 Å². The van der Waals surface area contributed by atoms with Gasteiger partial charge in [0.05, 0.1) is 0 Å². The number of rotatable bonds is 6. The van der Waals surface area contributed by atoms with E-state index in [0.29, 0.717) is 17.6 Å². The molecule has 2 rings (SSSR count). The van der Waals surface area contributed by atoms with Crippen LogP contribution in [0.15, 0.2) is 17.2 Å². The van der Waals surface area contributed by atoms with Crippen LogP contribution in [-0.4, -0.2) is 22.0 Å². The second-order valence-corrected chi connectivity index (χ2v) is 6.94. The molecule has 0 atom stereocenters. The van der Waals surface area contributed by atoms with Gasteiger partial charge in [0.15, 0.2) is 5.82 Å². The largest absolute Gasteiger partial charge is 0.365 e. The summed E-state index contributed by atoms with van der Waals surface area (Å²) in [5.74, 6) is 1.53. The predicted molar refractivity (Wildman–Crippen MR) is 88.1 cm³/mol. The van der Waals surface area contributed by atoms with E-state index in [1.807, 2.05) is 0 Å². The summed E-state index contributed by atoms with van der Waals surface area (Å²) >= 11 is 6.20. The smallest absolute Gasteiger partial charge is 0.293 e. The van der Waals surface area contributed by atoms with Crippen molar-refractivity contribution in [2.75, 3.05) is 17.7 Å². The van der Waals surface area contributed by atoms with Crippen LogP contribution >= 0.6 is 11.6 Å². The average Bonchev–Trinajstić information content (AvgIpc) is 2.49. The minimum atomic E-state index is -0.0354. The van der Waals surface area contributed by atoms with Gasteiger partial charge in [0.1, 0.15) is 0 Å². The molecule has 118 valence electrons. The van der Waals surface area contributed by atoms with E-state index >= 15 is 0 Å². The maximum absolute atomic E-state index is 12.4. The van der Waals surface area contributed by atoms with Crippen molar-refractivity contribution in [3.05, 3.63) is 22.7 Å². The van der Waals surface area contributed by atoms with E-state index in [1.54, 1.807) is 17.0 Å². The first-order chi connectivity index (χ1) is 10.1. The molecule has 0 unspecified atom stereocenters. The molecule has 1 fully saturated rings. The van der Waals surface area contributed by atoms with Crippen LogP contribution in [0, 0.1) is 11.3 Å². The quantitative estimate of drug-likeness (QED) is 0.818. The van der Waals surface area contributed by atoms with Gasteiger partial charge >= 0.3 is 0 Å². The minimum Gasteiger partial charge on any atom is -0.365 e. The molecule has 0 saturated heterocycles. The SMILES string of the molecule is CC(C)Cn1ccnc(NCC2(CCl)CCCCC2)c1=O. The number of aromatic nitrogens is 2. The fourth-order valence-electron chi connectivity index (χ4n) is 3.04. The van der Waals surface area contributed by atoms with Crippen LogP contribution in [0.5, 0.6) is 0 Å². The Kier molecular flexibility index (Phi) is 5.68. The monoisotopic (exact) mass is 311 g/mol. The van der Waals surface area contributed by atoms with Crippen LogP contribution in [0.3, 0.4) is 0 Å². The number of nitrogens with one attached hydrogen (secondary N) is 1. The fraction of sp³-hybridized carbons (Fsp3) is 0.750. The fourth-order valence-corrected chi connectivity index (χ4v) is 3.40. The number of anilines is 1. The molecule has 21 heavy (non-hydrogen) atoms. The lowest BCUT2D eigenvalue weighted by atomic mass is 9.75. The van der Waals surface area contributed by atoms with Gasteiger partial charge < -0.3 is 9.88 Å². The van der Waals surface area contributed by atoms with Gasteiger partial charge in [0, 0.05) is 36.8 Å². The number of halogens is 1. The highest BCUT2D eigenvalue weighted by Gasteiger charge is 2.31. The number of hydrogen-bond acceptors (Lipinski definition) is 3. The lowest BCUT2D eigenvalue weighted by Crippen LogP contribution is -2.36. The van der Waals surface area contributed by atoms with E-state index in [2.05, 4.69) is 24.1 Å². The molecular formula is C16H26ClN3O. The molecular weight excluding hydrogens is 286 g/mol. The first-order valence-electron chi connectivity index (χ1n) is 7.92. The van der Waals surface area contributed by atoms with Gasteiger partial charge in [-0.15, -0.1) is 11.6 Å². The highest BCUT2D eigenvalue weighted by Crippen LogP contribution is 2.37. The summed E-state index contributed by atoms with van der Waals surface area (Å²) in [6.45, 7) is 5.66. The lowest BCUT2D eigenvalue weighted by molar-refractivity contribution is 0.237. The molecule has 0 radical (unpaired) electrons. The van der Waals surface area contributed by atoms with Crippen LogP contribution in [-0.2, 0) is 6.54 Å². The Bertz CT molecular complexity index is 506. The first-order valence-corrected chi connectivity index (χ1v) is 8.45. The van der Waals surface area contributed by atoms with E-state index < -0.39 is 0 Å². The van der Waals surface area contributed by atoms with Gasteiger partial charge in [0.25, 0.3) is 5.56 Å². The number of hydrogen-bond donors (Lipinski definition) is 1. The normalized spacial score (nSPS) is 17.9. The standard InChI is InChI=1S/C16H26ClN3O/c1-13(2)10-20-9-8-18-14(15(20)21)19-12-16(11-17)6-4-3-5-7-16/h8-9,13H,3-7,10-12H2,1-2H3,(H,18,19). The van der Waals surface area contributed by atoms with Gasteiger partial charge in [-0.3, -0.25) is 4.79 Å². The summed E-state index contributed by atoms with van der Waals surface area (Å²) in [4.78, 5) is 16.6. The Labute approximate surface area is 131 Å². The first kappa shape index (κ1) is 16.3. The molecule has 1 heterocycles. The van der Waals surface area contributed by atoms with Crippen molar-refractivity contribution in [2.24, 2.45) is 11.3 Å². The lowest BCUT2D eigenvalue weighted by Gasteiger charge is -2.35. The Hall–Kier alpha value is -1.03. The highest BCUT2D eigenvalue weighted by atomic mass is 35.5. The Balaban J connectivity index is 2.07. The van der Waals surface area contributed by atoms with Gasteiger partial charge in [-0.05, 0) is 18.8 Å². The summed E-state index contributed by atoms with van der Waals surface area (Å²) in [6, 6.07) is 0. The molecule has 1 aliphatic carbocycles. The van der Waals surface area contributed by atoms with Crippen LogP contribution in [0.1, 0.15) is 46.0 Å². The second kappa shape index (κ2) is 7.30. The van der Waals surface area contributed by atoms with Crippen molar-refractivity contribution < 1.29 is 0 Å². The van der Waals surface area contributed by atoms with Gasteiger partial charge in [-0.2, -0.15) is 0 Å². The number of alkyl halides is 1. The van der Waals surface area contributed by atoms with Gasteiger partial charge in [-0.1, -0.05) is 33.1 Å². The third-order valence-electron chi connectivity index (χ3n) is 4.30. The van der Waals surface area contributed by atoms with Crippen molar-refractivity contribution in [1.29, 1.82) is 0 Å². The Morgan fingerprint density at radius 3 is 2.71 bits per heavy atom. The summed E-state index contributed by atoms with van der Waals surface area (Å²) in [7, 11) is 0. The summed E-state index contributed by atoms with van der Waals surface area (Å²) in [5.41, 5.74) is 0.0823. The molecule has 0 aromatic carbocycles. The highest BCUT2D eigenvalue weighted by molar-refractivity contribution is 6.18. The third-order valence-corrected chi connectivity index (χ3v) is 4.87. The zero-order chi connectivity index (χ0) is 15.3. The maximum atomic E-state index is 12.4. The molecule has 1 aliphatic rings. The molecule has 4 nitrogen and oxygen atoms in total. The van der Waals surface area contributed by atoms with Gasteiger partial charge in [0.2, 0.25) is 0 Å². The van der Waals surface area contributed by atoms with E-state index in [-0.39, 0.29) is 11.0 Å². The average molecular weight is 312 g/mol. The maximum Gasteiger partial charge on any atom is 0.293 e. The summed E-state index contributed by atoms with van der Waals surface area (Å²) in [5, 5.41) is 3.26. The van der Waals surface area contributed by atoms with Crippen molar-refractivity contribution in [3.8, 4) is 0 Å². The van der Waals surface area contributed by atoms with Crippen LogP contribution < -0.4 is 10.9 Å². The van der Waals surface area contributed by atoms with Crippen LogP contribution in [0.25, 0.3) is 0 Å². The molecule has 0 bridgehead atoms. The van der Waals surface area contributed by atoms with Crippen molar-refractivity contribution in [2.45, 2.75) is 52.5 Å². The Morgan fingerprint density at radius 1 is 1.38 bits per heavy atom. The molecule has 1 aromatic heterocycles. The zero-order valence-electron chi connectivity index (χ0n) is 13.1. The number of nitrogens with zero attached hydrogens (tertiary/aromatic N) is 2. The topological polar surface area (TPSA) is 46.9 Å². The second-order valence-electron chi connectivity index (χ2n) is 6.68. The molecule has 0 amide bonds. The van der Waals surface area contributed by atoms with Gasteiger partial charge in [-0.25, -0.2) is 4.98 Å². The predicted octanol–water partition coefficient (Wildman–Crippen LogP) is 3.50. The zero-order valence-corrected chi connectivity index (χ0v) is 13.8. The molecule has 1 saturated carbocycles. The van der Waals surface area contributed by atoms with E-state index in [9.17, 15) is 4.79 Å². The van der Waals surface area contributed by atoms with Crippen molar-refractivity contribution in [3.63, 3.8) is 0 Å². The molecule has 1 aromatic rings. The van der Waals surface area contributed by atoms with Crippen LogP contribution in [0.4, 0.5) is 5.82 Å². The van der Waals surface area contributed by atoms with E-state index in [0.717, 1.165) is 25.9 Å². The molecule has 5 heteroatoms. The molecule has 0 aliphatic heterocycles. The Morgan fingerprint density at radius 2 is 2.10 bits per heavy atom.